The van der Waals surface area contributed by atoms with Crippen LogP contribution in [0.4, 0.5) is 10.5 Å². The van der Waals surface area contributed by atoms with E-state index in [9.17, 15) is 4.79 Å². The Morgan fingerprint density at radius 2 is 1.42 bits per heavy atom. The summed E-state index contributed by atoms with van der Waals surface area (Å²) in [6, 6.07) is 17.7. The fraction of sp³-hybridized carbons (Fsp3) is 0.435. The molecule has 1 amide bonds. The van der Waals surface area contributed by atoms with Gasteiger partial charge >= 0.3 is 6.09 Å². The highest BCUT2D eigenvalue weighted by atomic mass is 16.6. The Balaban J connectivity index is 1.28. The van der Waals surface area contributed by atoms with Gasteiger partial charge < -0.3 is 4.74 Å². The first-order valence-corrected chi connectivity index (χ1v) is 9.83. The summed E-state index contributed by atoms with van der Waals surface area (Å²) in [5.74, 6) is 3.38. The summed E-state index contributed by atoms with van der Waals surface area (Å²) >= 11 is 0. The van der Waals surface area contributed by atoms with Crippen molar-refractivity contribution >= 4 is 11.8 Å². The molecule has 4 aliphatic rings. The van der Waals surface area contributed by atoms with Crippen LogP contribution in [0.3, 0.4) is 0 Å². The van der Waals surface area contributed by atoms with E-state index in [4.69, 9.17) is 4.74 Å². The third-order valence-electron chi connectivity index (χ3n) is 6.74. The molecule has 0 radical (unpaired) electrons. The Kier molecular flexibility index (Phi) is 3.77. The first kappa shape index (κ1) is 15.9. The van der Waals surface area contributed by atoms with Crippen molar-refractivity contribution in [3.8, 4) is 5.75 Å². The zero-order valence-corrected chi connectivity index (χ0v) is 15.0. The van der Waals surface area contributed by atoms with Crippen LogP contribution in [-0.4, -0.2) is 6.09 Å². The van der Waals surface area contributed by atoms with Crippen molar-refractivity contribution in [3.63, 3.8) is 0 Å². The number of anilines is 1. The van der Waals surface area contributed by atoms with Crippen molar-refractivity contribution in [2.75, 3.05) is 5.32 Å². The second kappa shape index (κ2) is 6.15. The lowest BCUT2D eigenvalue weighted by atomic mass is 9.48. The topological polar surface area (TPSA) is 38.3 Å². The number of amides is 1. The van der Waals surface area contributed by atoms with Crippen LogP contribution < -0.4 is 10.1 Å². The van der Waals surface area contributed by atoms with Gasteiger partial charge in [0.15, 0.2) is 0 Å². The molecule has 0 saturated heterocycles. The molecule has 0 aromatic heterocycles. The number of para-hydroxylation sites is 1. The van der Waals surface area contributed by atoms with Gasteiger partial charge in [-0.25, -0.2) is 4.79 Å². The lowest BCUT2D eigenvalue weighted by molar-refractivity contribution is -0.00518. The molecular formula is C23H25NO2. The summed E-state index contributed by atoms with van der Waals surface area (Å²) in [6.45, 7) is 0. The first-order chi connectivity index (χ1) is 12.7. The molecule has 3 nitrogen and oxygen atoms in total. The summed E-state index contributed by atoms with van der Waals surface area (Å²) < 4.78 is 5.30. The zero-order chi connectivity index (χ0) is 17.6. The standard InChI is InChI=1S/C23H25NO2/c25-22(26-21-4-2-1-3-5-21)24-20-8-6-19(7-9-20)23-13-16-10-17(14-23)12-18(11-16)15-23/h1-9,16-18H,10-15H2,(H,24,25). The summed E-state index contributed by atoms with van der Waals surface area (Å²) in [5.41, 5.74) is 2.66. The van der Waals surface area contributed by atoms with Gasteiger partial charge in [-0.05, 0) is 91.5 Å². The van der Waals surface area contributed by atoms with E-state index in [2.05, 4.69) is 17.4 Å². The smallest absolute Gasteiger partial charge is 0.410 e. The Hall–Kier alpha value is -2.29. The molecule has 0 atom stereocenters. The van der Waals surface area contributed by atoms with Crippen LogP contribution in [0.25, 0.3) is 0 Å². The summed E-state index contributed by atoms with van der Waals surface area (Å²) in [4.78, 5) is 12.1. The van der Waals surface area contributed by atoms with Crippen LogP contribution >= 0.6 is 0 Å². The Morgan fingerprint density at radius 3 is 2.00 bits per heavy atom. The van der Waals surface area contributed by atoms with E-state index in [1.807, 2.05) is 30.3 Å². The normalized spacial score (nSPS) is 31.6. The molecule has 3 heteroatoms. The molecule has 0 unspecified atom stereocenters. The van der Waals surface area contributed by atoms with Crippen molar-refractivity contribution < 1.29 is 9.53 Å². The molecule has 134 valence electrons. The molecule has 0 spiro atoms. The van der Waals surface area contributed by atoms with Crippen molar-refractivity contribution in [3.05, 3.63) is 60.2 Å². The highest BCUT2D eigenvalue weighted by Gasteiger charge is 2.51. The van der Waals surface area contributed by atoms with Gasteiger partial charge in [-0.1, -0.05) is 30.3 Å². The molecular weight excluding hydrogens is 322 g/mol. The average Bonchev–Trinajstić information content (AvgIpc) is 2.62. The summed E-state index contributed by atoms with van der Waals surface area (Å²) in [7, 11) is 0. The molecule has 4 fully saturated rings. The molecule has 4 aliphatic carbocycles. The van der Waals surface area contributed by atoms with Crippen LogP contribution in [0, 0.1) is 17.8 Å². The molecule has 4 bridgehead atoms. The second-order valence-electron chi connectivity index (χ2n) is 8.60. The van der Waals surface area contributed by atoms with E-state index in [1.54, 1.807) is 12.1 Å². The predicted octanol–water partition coefficient (Wildman–Crippen LogP) is 5.77. The first-order valence-electron chi connectivity index (χ1n) is 9.83. The maximum Gasteiger partial charge on any atom is 0.417 e. The Morgan fingerprint density at radius 1 is 0.846 bits per heavy atom. The molecule has 1 N–H and O–H groups in total. The fourth-order valence-corrected chi connectivity index (χ4v) is 6.11. The maximum atomic E-state index is 12.1. The minimum absolute atomic E-state index is 0.401. The van der Waals surface area contributed by atoms with E-state index in [-0.39, 0.29) is 0 Å². The third kappa shape index (κ3) is 2.90. The van der Waals surface area contributed by atoms with Gasteiger partial charge in [0.1, 0.15) is 5.75 Å². The molecule has 0 aliphatic heterocycles. The maximum absolute atomic E-state index is 12.1. The number of hydrogen-bond acceptors (Lipinski definition) is 2. The van der Waals surface area contributed by atoms with E-state index in [0.29, 0.717) is 11.2 Å². The number of nitrogens with one attached hydrogen (secondary N) is 1. The van der Waals surface area contributed by atoms with Gasteiger partial charge in [0.2, 0.25) is 0 Å². The zero-order valence-electron chi connectivity index (χ0n) is 15.0. The second-order valence-corrected chi connectivity index (χ2v) is 8.60. The van der Waals surface area contributed by atoms with E-state index < -0.39 is 6.09 Å². The van der Waals surface area contributed by atoms with Crippen molar-refractivity contribution in [2.24, 2.45) is 17.8 Å². The summed E-state index contributed by atoms with van der Waals surface area (Å²) in [6.07, 6.45) is 8.03. The minimum Gasteiger partial charge on any atom is -0.410 e. The number of ether oxygens (including phenoxy) is 1. The highest BCUT2D eigenvalue weighted by molar-refractivity contribution is 5.86. The number of benzene rings is 2. The number of carbonyl (C=O) groups excluding carboxylic acids is 1. The number of carbonyl (C=O) groups is 1. The summed E-state index contributed by atoms with van der Waals surface area (Å²) in [5, 5.41) is 2.83. The minimum atomic E-state index is -0.446. The Labute approximate surface area is 154 Å². The molecule has 2 aromatic rings. The van der Waals surface area contributed by atoms with Gasteiger partial charge in [0, 0.05) is 5.69 Å². The molecule has 6 rings (SSSR count). The average molecular weight is 347 g/mol. The van der Waals surface area contributed by atoms with Crippen molar-refractivity contribution in [1.82, 2.24) is 0 Å². The van der Waals surface area contributed by atoms with Crippen LogP contribution in [-0.2, 0) is 5.41 Å². The molecule has 2 aromatic carbocycles. The van der Waals surface area contributed by atoms with Crippen molar-refractivity contribution in [1.29, 1.82) is 0 Å². The highest BCUT2D eigenvalue weighted by Crippen LogP contribution is 2.60. The largest absolute Gasteiger partial charge is 0.417 e. The fourth-order valence-electron chi connectivity index (χ4n) is 6.11. The lowest BCUT2D eigenvalue weighted by Gasteiger charge is -2.57. The predicted molar refractivity (Wildman–Crippen MR) is 102 cm³/mol. The van der Waals surface area contributed by atoms with Gasteiger partial charge in [0.25, 0.3) is 0 Å². The van der Waals surface area contributed by atoms with E-state index in [1.165, 1.54) is 44.1 Å². The van der Waals surface area contributed by atoms with Crippen molar-refractivity contribution in [2.45, 2.75) is 43.9 Å². The van der Waals surface area contributed by atoms with Gasteiger partial charge in [0.05, 0.1) is 0 Å². The van der Waals surface area contributed by atoms with Crippen LogP contribution in [0.1, 0.15) is 44.1 Å². The van der Waals surface area contributed by atoms with Crippen LogP contribution in [0.5, 0.6) is 5.75 Å². The lowest BCUT2D eigenvalue weighted by Crippen LogP contribution is -2.48. The third-order valence-corrected chi connectivity index (χ3v) is 6.74. The van der Waals surface area contributed by atoms with Crippen LogP contribution in [0.15, 0.2) is 54.6 Å². The van der Waals surface area contributed by atoms with Gasteiger partial charge in [-0.2, -0.15) is 0 Å². The number of hydrogen-bond donors (Lipinski definition) is 1. The van der Waals surface area contributed by atoms with Crippen LogP contribution in [0.2, 0.25) is 0 Å². The van der Waals surface area contributed by atoms with E-state index >= 15 is 0 Å². The number of rotatable bonds is 3. The van der Waals surface area contributed by atoms with E-state index in [0.717, 1.165) is 23.4 Å². The SMILES string of the molecule is O=C(Nc1ccc(C23CC4CC(CC(C4)C2)C3)cc1)Oc1ccccc1. The molecule has 0 heterocycles. The van der Waals surface area contributed by atoms with Gasteiger partial charge in [-0.15, -0.1) is 0 Å². The Bertz CT molecular complexity index is 761. The monoisotopic (exact) mass is 347 g/mol. The molecule has 26 heavy (non-hydrogen) atoms. The quantitative estimate of drug-likeness (QED) is 0.766. The molecule has 4 saturated carbocycles. The van der Waals surface area contributed by atoms with Gasteiger partial charge in [-0.3, -0.25) is 5.32 Å².